The molecule has 0 aliphatic rings. The fraction of sp³-hybridized carbons (Fsp3) is 0.118. The second-order valence-electron chi connectivity index (χ2n) is 5.78. The van der Waals surface area contributed by atoms with Crippen LogP contribution in [0.3, 0.4) is 0 Å². The summed E-state index contributed by atoms with van der Waals surface area (Å²) in [4.78, 5) is 12.5. The summed E-state index contributed by atoms with van der Waals surface area (Å²) >= 11 is 0. The number of pyridine rings is 1. The van der Waals surface area contributed by atoms with Crippen molar-refractivity contribution in [2.24, 2.45) is 0 Å². The zero-order valence-electron chi connectivity index (χ0n) is 13.8. The van der Waals surface area contributed by atoms with Crippen molar-refractivity contribution < 1.29 is 9.18 Å². The Morgan fingerprint density at radius 2 is 1.96 bits per heavy atom. The van der Waals surface area contributed by atoms with E-state index in [1.165, 1.54) is 12.1 Å². The maximum Gasteiger partial charge on any atom is 0.278 e. The summed E-state index contributed by atoms with van der Waals surface area (Å²) in [5, 5.41) is 18.5. The smallest absolute Gasteiger partial charge is 0.278 e. The lowest BCUT2D eigenvalue weighted by atomic mass is 10.2. The van der Waals surface area contributed by atoms with E-state index in [-0.39, 0.29) is 17.4 Å². The van der Waals surface area contributed by atoms with E-state index in [4.69, 9.17) is 0 Å². The molecule has 26 heavy (non-hydrogen) atoms. The molecule has 0 aliphatic heterocycles. The number of carbonyl (C=O) groups excluding carboxylic acids is 1. The Labute approximate surface area is 147 Å². The molecule has 0 bridgehead atoms. The highest BCUT2D eigenvalue weighted by molar-refractivity contribution is 6.03. The van der Waals surface area contributed by atoms with Crippen LogP contribution in [-0.2, 0) is 6.54 Å². The van der Waals surface area contributed by atoms with Crippen LogP contribution >= 0.6 is 0 Å². The van der Waals surface area contributed by atoms with Crippen molar-refractivity contribution in [3.63, 3.8) is 0 Å². The zero-order valence-corrected chi connectivity index (χ0v) is 13.8. The Bertz CT molecular complexity index is 1080. The molecule has 0 aliphatic carbocycles. The number of carbonyl (C=O) groups is 1. The summed E-state index contributed by atoms with van der Waals surface area (Å²) in [5.41, 5.74) is 3.00. The molecule has 1 aromatic carbocycles. The number of rotatable bonds is 4. The molecule has 130 valence electrons. The van der Waals surface area contributed by atoms with E-state index >= 15 is 0 Å². The highest BCUT2D eigenvalue weighted by atomic mass is 19.1. The van der Waals surface area contributed by atoms with Gasteiger partial charge in [-0.25, -0.2) is 9.07 Å². The van der Waals surface area contributed by atoms with Crippen molar-refractivity contribution in [3.05, 3.63) is 71.7 Å². The predicted molar refractivity (Wildman–Crippen MR) is 91.2 cm³/mol. The molecule has 0 fully saturated rings. The Morgan fingerprint density at radius 1 is 1.15 bits per heavy atom. The average molecular weight is 351 g/mol. The van der Waals surface area contributed by atoms with Crippen molar-refractivity contribution in [1.82, 2.24) is 29.6 Å². The maximum atomic E-state index is 13.0. The molecule has 9 heteroatoms. The minimum atomic E-state index is -0.361. The van der Waals surface area contributed by atoms with E-state index in [1.54, 1.807) is 52.8 Å². The van der Waals surface area contributed by atoms with Gasteiger partial charge >= 0.3 is 0 Å². The number of hydrogen-bond donors (Lipinski definition) is 1. The molecule has 0 atom stereocenters. The van der Waals surface area contributed by atoms with Crippen LogP contribution in [0.1, 0.15) is 21.7 Å². The van der Waals surface area contributed by atoms with Gasteiger partial charge in [-0.05, 0) is 36.8 Å². The third kappa shape index (κ3) is 3.02. The van der Waals surface area contributed by atoms with Gasteiger partial charge in [-0.2, -0.15) is 0 Å². The first-order chi connectivity index (χ1) is 12.6. The largest absolute Gasteiger partial charge is 0.319 e. The molecule has 1 amide bonds. The van der Waals surface area contributed by atoms with Crippen LogP contribution in [0.4, 0.5) is 10.1 Å². The number of fused-ring (bicyclic) bond motifs is 1. The van der Waals surface area contributed by atoms with Crippen LogP contribution in [-0.4, -0.2) is 35.5 Å². The van der Waals surface area contributed by atoms with Gasteiger partial charge in [0.2, 0.25) is 0 Å². The second-order valence-corrected chi connectivity index (χ2v) is 5.78. The molecule has 0 unspecified atom stereocenters. The Balaban J connectivity index is 1.52. The van der Waals surface area contributed by atoms with Gasteiger partial charge in [0, 0.05) is 6.20 Å². The van der Waals surface area contributed by atoms with Gasteiger partial charge in [-0.15, -0.1) is 15.3 Å². The number of hydrogen-bond acceptors (Lipinski definition) is 5. The SMILES string of the molecule is Cc1c(C(=O)Nc2ccc3nncn3c2)nnn1Cc1ccc(F)cc1. The third-order valence-corrected chi connectivity index (χ3v) is 3.99. The van der Waals surface area contributed by atoms with Crippen LogP contribution in [0.5, 0.6) is 0 Å². The highest BCUT2D eigenvalue weighted by Gasteiger charge is 2.17. The van der Waals surface area contributed by atoms with Gasteiger partial charge in [0.05, 0.1) is 17.9 Å². The third-order valence-electron chi connectivity index (χ3n) is 3.99. The zero-order chi connectivity index (χ0) is 18.1. The number of anilines is 1. The molecule has 0 spiro atoms. The molecule has 0 saturated heterocycles. The number of nitrogens with zero attached hydrogens (tertiary/aromatic N) is 6. The predicted octanol–water partition coefficient (Wildman–Crippen LogP) is 2.07. The average Bonchev–Trinajstić information content (AvgIpc) is 3.23. The molecule has 0 saturated carbocycles. The summed E-state index contributed by atoms with van der Waals surface area (Å²) in [6, 6.07) is 9.60. The summed E-state index contributed by atoms with van der Waals surface area (Å²) < 4.78 is 16.3. The number of benzene rings is 1. The molecule has 8 nitrogen and oxygen atoms in total. The van der Waals surface area contributed by atoms with Crippen molar-refractivity contribution in [3.8, 4) is 0 Å². The lowest BCUT2D eigenvalue weighted by Crippen LogP contribution is -2.14. The van der Waals surface area contributed by atoms with Gasteiger partial charge < -0.3 is 5.32 Å². The second kappa shape index (κ2) is 6.36. The molecule has 4 aromatic rings. The Morgan fingerprint density at radius 3 is 2.77 bits per heavy atom. The molecular weight excluding hydrogens is 337 g/mol. The summed E-state index contributed by atoms with van der Waals surface area (Å²) in [7, 11) is 0. The molecular formula is C17H14FN7O. The molecule has 3 heterocycles. The first kappa shape index (κ1) is 15.9. The van der Waals surface area contributed by atoms with Gasteiger partial charge in [-0.1, -0.05) is 17.3 Å². The minimum absolute atomic E-state index is 0.232. The van der Waals surface area contributed by atoms with Crippen molar-refractivity contribution in [2.75, 3.05) is 5.32 Å². The van der Waals surface area contributed by atoms with Crippen LogP contribution in [0.2, 0.25) is 0 Å². The van der Waals surface area contributed by atoms with Crippen LogP contribution in [0.25, 0.3) is 5.65 Å². The topological polar surface area (TPSA) is 90.0 Å². The Hall–Kier alpha value is -3.62. The standard InChI is InChI=1S/C17H14FN7O/c1-11-16(22-23-25(11)8-12-2-4-13(18)5-3-12)17(26)20-14-6-7-15-21-19-10-24(15)9-14/h2-7,9-10H,8H2,1H3,(H,20,26). The van der Waals surface area contributed by atoms with Crippen LogP contribution in [0, 0.1) is 12.7 Å². The first-order valence-electron chi connectivity index (χ1n) is 7.85. The maximum absolute atomic E-state index is 13.0. The minimum Gasteiger partial charge on any atom is -0.319 e. The van der Waals surface area contributed by atoms with E-state index in [2.05, 4.69) is 25.8 Å². The first-order valence-corrected chi connectivity index (χ1v) is 7.85. The van der Waals surface area contributed by atoms with E-state index in [0.29, 0.717) is 23.6 Å². The van der Waals surface area contributed by atoms with E-state index in [9.17, 15) is 9.18 Å². The lowest BCUT2D eigenvalue weighted by Gasteiger charge is -2.06. The highest BCUT2D eigenvalue weighted by Crippen LogP contribution is 2.13. The Kier molecular flexibility index (Phi) is 3.88. The van der Waals surface area contributed by atoms with Crippen molar-refractivity contribution in [1.29, 1.82) is 0 Å². The lowest BCUT2D eigenvalue weighted by molar-refractivity contribution is 0.102. The molecule has 4 rings (SSSR count). The molecule has 3 aromatic heterocycles. The van der Waals surface area contributed by atoms with Gasteiger partial charge in [0.15, 0.2) is 11.3 Å². The summed E-state index contributed by atoms with van der Waals surface area (Å²) in [6.45, 7) is 2.17. The monoisotopic (exact) mass is 351 g/mol. The normalized spacial score (nSPS) is 11.0. The molecule has 0 radical (unpaired) electrons. The van der Waals surface area contributed by atoms with E-state index in [1.807, 2.05) is 0 Å². The van der Waals surface area contributed by atoms with Crippen molar-refractivity contribution >= 4 is 17.2 Å². The van der Waals surface area contributed by atoms with Crippen molar-refractivity contribution in [2.45, 2.75) is 13.5 Å². The summed E-state index contributed by atoms with van der Waals surface area (Å²) in [6.07, 6.45) is 3.26. The summed E-state index contributed by atoms with van der Waals surface area (Å²) in [5.74, 6) is -0.658. The number of amides is 1. The van der Waals surface area contributed by atoms with E-state index < -0.39 is 0 Å². The van der Waals surface area contributed by atoms with Gasteiger partial charge in [-0.3, -0.25) is 9.20 Å². The molecule has 1 N–H and O–H groups in total. The number of halogens is 1. The van der Waals surface area contributed by atoms with Gasteiger partial charge in [0.1, 0.15) is 12.1 Å². The van der Waals surface area contributed by atoms with Gasteiger partial charge in [0.25, 0.3) is 5.91 Å². The van der Waals surface area contributed by atoms with Crippen LogP contribution in [0.15, 0.2) is 48.9 Å². The van der Waals surface area contributed by atoms with E-state index in [0.717, 1.165) is 5.56 Å². The fourth-order valence-corrected chi connectivity index (χ4v) is 2.57. The number of aromatic nitrogens is 6. The number of nitrogens with one attached hydrogen (secondary N) is 1. The van der Waals surface area contributed by atoms with Crippen LogP contribution < -0.4 is 5.32 Å². The fourth-order valence-electron chi connectivity index (χ4n) is 2.57. The quantitative estimate of drug-likeness (QED) is 0.608.